The normalized spacial score (nSPS) is 16.3. The van der Waals surface area contributed by atoms with Gasteiger partial charge in [-0.05, 0) is 43.9 Å². The van der Waals surface area contributed by atoms with E-state index in [1.54, 1.807) is 37.3 Å². The number of methoxy groups -OCH3 is 2. The summed E-state index contributed by atoms with van der Waals surface area (Å²) in [5.41, 5.74) is 1.80. The molecule has 0 radical (unpaired) electrons. The van der Waals surface area contributed by atoms with Gasteiger partial charge in [0, 0.05) is 30.8 Å². The standard InChI is InChI=1S/C21H26N4O4/c1-28-17-7-6-14(12-18(17)29-2)20(27)25-11-8-15-16(13-25)22-21(23-19(15)26)24-9-4-3-5-10-24/h6-7,12H,3-5,8-11,13H2,1-2H3,(H,22,23,26). The van der Waals surface area contributed by atoms with Gasteiger partial charge in [0.15, 0.2) is 11.5 Å². The number of aromatic amines is 1. The smallest absolute Gasteiger partial charge is 0.255 e. The van der Waals surface area contributed by atoms with Crippen LogP contribution in [-0.4, -0.2) is 54.6 Å². The van der Waals surface area contributed by atoms with Gasteiger partial charge >= 0.3 is 0 Å². The largest absolute Gasteiger partial charge is 0.493 e. The lowest BCUT2D eigenvalue weighted by molar-refractivity contribution is 0.0731. The van der Waals surface area contributed by atoms with Crippen LogP contribution in [0.15, 0.2) is 23.0 Å². The summed E-state index contributed by atoms with van der Waals surface area (Å²) in [5.74, 6) is 1.59. The second-order valence-electron chi connectivity index (χ2n) is 7.41. The molecule has 29 heavy (non-hydrogen) atoms. The first-order chi connectivity index (χ1) is 14.1. The molecular weight excluding hydrogens is 372 g/mol. The number of rotatable bonds is 4. The van der Waals surface area contributed by atoms with Gasteiger partial charge in [0.25, 0.3) is 11.5 Å². The number of fused-ring (bicyclic) bond motifs is 1. The number of amides is 1. The molecule has 1 saturated heterocycles. The third-order valence-corrected chi connectivity index (χ3v) is 5.63. The van der Waals surface area contributed by atoms with Gasteiger partial charge in [-0.25, -0.2) is 4.98 Å². The minimum Gasteiger partial charge on any atom is -0.493 e. The average Bonchev–Trinajstić information content (AvgIpc) is 2.78. The van der Waals surface area contributed by atoms with Gasteiger partial charge in [0.2, 0.25) is 5.95 Å². The predicted molar refractivity (Wildman–Crippen MR) is 109 cm³/mol. The summed E-state index contributed by atoms with van der Waals surface area (Å²) >= 11 is 0. The number of H-pyrrole nitrogens is 1. The van der Waals surface area contributed by atoms with E-state index < -0.39 is 0 Å². The van der Waals surface area contributed by atoms with E-state index in [0.29, 0.717) is 53.8 Å². The van der Waals surface area contributed by atoms with E-state index >= 15 is 0 Å². The van der Waals surface area contributed by atoms with E-state index in [0.717, 1.165) is 25.9 Å². The van der Waals surface area contributed by atoms with E-state index in [4.69, 9.17) is 14.5 Å². The summed E-state index contributed by atoms with van der Waals surface area (Å²) in [7, 11) is 3.10. The van der Waals surface area contributed by atoms with Gasteiger partial charge in [-0.3, -0.25) is 14.6 Å². The number of hydrogen-bond acceptors (Lipinski definition) is 6. The van der Waals surface area contributed by atoms with Crippen molar-refractivity contribution in [1.82, 2.24) is 14.9 Å². The van der Waals surface area contributed by atoms with Crippen molar-refractivity contribution in [2.75, 3.05) is 38.8 Å². The second-order valence-corrected chi connectivity index (χ2v) is 7.41. The molecule has 1 N–H and O–H groups in total. The highest BCUT2D eigenvalue weighted by molar-refractivity contribution is 5.95. The van der Waals surface area contributed by atoms with E-state index in [9.17, 15) is 9.59 Å². The van der Waals surface area contributed by atoms with E-state index in [1.165, 1.54) is 6.42 Å². The fraction of sp³-hybridized carbons (Fsp3) is 0.476. The molecule has 154 valence electrons. The number of piperidine rings is 1. The molecule has 3 heterocycles. The van der Waals surface area contributed by atoms with Crippen molar-refractivity contribution in [3.05, 3.63) is 45.4 Å². The molecule has 1 aromatic heterocycles. The minimum absolute atomic E-state index is 0.0891. The summed E-state index contributed by atoms with van der Waals surface area (Å²) in [6.45, 7) is 2.60. The minimum atomic E-state index is -0.113. The number of nitrogens with zero attached hydrogens (tertiary/aromatic N) is 3. The number of benzene rings is 1. The van der Waals surface area contributed by atoms with Crippen LogP contribution in [0.2, 0.25) is 0 Å². The number of ether oxygens (including phenoxy) is 2. The van der Waals surface area contributed by atoms with Gasteiger partial charge in [-0.15, -0.1) is 0 Å². The van der Waals surface area contributed by atoms with Crippen molar-refractivity contribution < 1.29 is 14.3 Å². The summed E-state index contributed by atoms with van der Waals surface area (Å²) in [6.07, 6.45) is 3.91. The molecule has 0 unspecified atom stereocenters. The van der Waals surface area contributed by atoms with Crippen molar-refractivity contribution in [1.29, 1.82) is 0 Å². The van der Waals surface area contributed by atoms with E-state index in [2.05, 4.69) is 9.88 Å². The Morgan fingerprint density at radius 3 is 2.55 bits per heavy atom. The van der Waals surface area contributed by atoms with Crippen LogP contribution in [0.3, 0.4) is 0 Å². The highest BCUT2D eigenvalue weighted by Gasteiger charge is 2.27. The molecule has 1 aromatic carbocycles. The maximum atomic E-state index is 13.1. The fourth-order valence-electron chi connectivity index (χ4n) is 4.01. The summed E-state index contributed by atoms with van der Waals surface area (Å²) in [5, 5.41) is 0. The molecule has 4 rings (SSSR count). The molecule has 8 nitrogen and oxygen atoms in total. The summed E-state index contributed by atoms with van der Waals surface area (Å²) in [4.78, 5) is 37.1. The van der Waals surface area contributed by atoms with Crippen LogP contribution in [0.25, 0.3) is 0 Å². The average molecular weight is 398 g/mol. The highest BCUT2D eigenvalue weighted by atomic mass is 16.5. The highest BCUT2D eigenvalue weighted by Crippen LogP contribution is 2.29. The van der Waals surface area contributed by atoms with Crippen LogP contribution in [0.5, 0.6) is 11.5 Å². The number of carbonyl (C=O) groups is 1. The van der Waals surface area contributed by atoms with Crippen molar-refractivity contribution in [2.24, 2.45) is 0 Å². The first-order valence-electron chi connectivity index (χ1n) is 9.99. The quantitative estimate of drug-likeness (QED) is 0.847. The number of anilines is 1. The zero-order valence-electron chi connectivity index (χ0n) is 16.9. The Morgan fingerprint density at radius 1 is 1.07 bits per heavy atom. The van der Waals surface area contributed by atoms with Crippen LogP contribution in [0, 0.1) is 0 Å². The van der Waals surface area contributed by atoms with Crippen LogP contribution >= 0.6 is 0 Å². The fourth-order valence-corrected chi connectivity index (χ4v) is 4.01. The molecule has 0 spiro atoms. The SMILES string of the molecule is COc1ccc(C(=O)N2CCc3c(nc(N4CCCCC4)[nH]c3=O)C2)cc1OC. The van der Waals surface area contributed by atoms with E-state index in [1.807, 2.05) is 0 Å². The summed E-state index contributed by atoms with van der Waals surface area (Å²) < 4.78 is 10.6. The topological polar surface area (TPSA) is 87.8 Å². The molecule has 2 aromatic rings. The Balaban J connectivity index is 1.58. The molecule has 0 aliphatic carbocycles. The molecule has 2 aliphatic rings. The number of carbonyl (C=O) groups excluding carboxylic acids is 1. The molecular formula is C21H26N4O4. The number of hydrogen-bond donors (Lipinski definition) is 1. The zero-order valence-corrected chi connectivity index (χ0v) is 16.9. The maximum absolute atomic E-state index is 13.1. The molecule has 2 aliphatic heterocycles. The van der Waals surface area contributed by atoms with Crippen LogP contribution < -0.4 is 19.9 Å². The van der Waals surface area contributed by atoms with Crippen molar-refractivity contribution >= 4 is 11.9 Å². The van der Waals surface area contributed by atoms with Crippen molar-refractivity contribution in [2.45, 2.75) is 32.2 Å². The molecule has 0 saturated carbocycles. The molecule has 0 bridgehead atoms. The van der Waals surface area contributed by atoms with Crippen LogP contribution in [0.4, 0.5) is 5.95 Å². The number of nitrogens with one attached hydrogen (secondary N) is 1. The molecule has 1 amide bonds. The first kappa shape index (κ1) is 19.3. The Bertz CT molecular complexity index is 966. The zero-order chi connectivity index (χ0) is 20.4. The second kappa shape index (κ2) is 8.14. The van der Waals surface area contributed by atoms with Crippen molar-refractivity contribution in [3.8, 4) is 11.5 Å². The van der Waals surface area contributed by atoms with Gasteiger partial charge in [-0.1, -0.05) is 0 Å². The van der Waals surface area contributed by atoms with Gasteiger partial charge in [0.05, 0.1) is 26.5 Å². The van der Waals surface area contributed by atoms with Crippen LogP contribution in [0.1, 0.15) is 40.9 Å². The number of aromatic nitrogens is 2. The Morgan fingerprint density at radius 2 is 1.83 bits per heavy atom. The Kier molecular flexibility index (Phi) is 5.42. The maximum Gasteiger partial charge on any atom is 0.255 e. The van der Waals surface area contributed by atoms with Gasteiger partial charge in [0.1, 0.15) is 0 Å². The lowest BCUT2D eigenvalue weighted by Gasteiger charge is -2.31. The predicted octanol–water partition coefficient (Wildman–Crippen LogP) is 1.98. The van der Waals surface area contributed by atoms with Crippen LogP contribution in [-0.2, 0) is 13.0 Å². The van der Waals surface area contributed by atoms with Gasteiger partial charge < -0.3 is 19.3 Å². The summed E-state index contributed by atoms with van der Waals surface area (Å²) in [6, 6.07) is 5.13. The molecule has 8 heteroatoms. The monoisotopic (exact) mass is 398 g/mol. The Labute approximate surface area is 169 Å². The lowest BCUT2D eigenvalue weighted by atomic mass is 10.0. The molecule has 0 atom stereocenters. The van der Waals surface area contributed by atoms with Gasteiger partial charge in [-0.2, -0.15) is 0 Å². The molecule has 1 fully saturated rings. The van der Waals surface area contributed by atoms with E-state index in [-0.39, 0.29) is 11.5 Å². The lowest BCUT2D eigenvalue weighted by Crippen LogP contribution is -2.40. The third kappa shape index (κ3) is 3.79. The third-order valence-electron chi connectivity index (χ3n) is 5.63. The Hall–Kier alpha value is -3.03. The first-order valence-corrected chi connectivity index (χ1v) is 9.99. The van der Waals surface area contributed by atoms with Crippen molar-refractivity contribution in [3.63, 3.8) is 0 Å².